The number of H-pyrrole nitrogens is 1. The van der Waals surface area contributed by atoms with Gasteiger partial charge in [-0.25, -0.2) is 0 Å². The van der Waals surface area contributed by atoms with E-state index < -0.39 is 11.2 Å². The molecule has 178 valence electrons. The van der Waals surface area contributed by atoms with Crippen LogP contribution >= 0.6 is 11.6 Å². The first-order valence-electron chi connectivity index (χ1n) is 10.8. The third-order valence-electron chi connectivity index (χ3n) is 5.71. The summed E-state index contributed by atoms with van der Waals surface area (Å²) < 4.78 is 22.6. The van der Waals surface area contributed by atoms with Crippen molar-refractivity contribution in [2.45, 2.75) is 6.54 Å². The zero-order valence-electron chi connectivity index (χ0n) is 18.7. The standard InChI is InChI=1S/C24H25ClN4O4S/c1-32-22-12-19(3-2-16(22)14-26)27-15-18-10-17-11-20(25)23(13-21(17)28-24(18)30)33-7-4-29-5-8-34(31)9-6-29/h2-3,10-13,27H,4-9,15H2,1H3,(H,28,30). The summed E-state index contributed by atoms with van der Waals surface area (Å²) in [5, 5.41) is 13.6. The van der Waals surface area contributed by atoms with Gasteiger partial charge < -0.3 is 24.3 Å². The van der Waals surface area contributed by atoms with E-state index >= 15 is 0 Å². The Bertz CT molecular complexity index is 1270. The van der Waals surface area contributed by atoms with Gasteiger partial charge in [0, 0.05) is 54.9 Å². The molecular formula is C24H25ClN4O4S. The first-order valence-corrected chi connectivity index (χ1v) is 12.7. The van der Waals surface area contributed by atoms with Crippen LogP contribution in [-0.4, -0.2) is 59.3 Å². The van der Waals surface area contributed by atoms with Crippen molar-refractivity contribution in [1.29, 1.82) is 5.26 Å². The Hall–Kier alpha value is -2.90. The van der Waals surface area contributed by atoms with Crippen LogP contribution in [0.15, 0.2) is 41.2 Å². The number of nitriles is 1. The van der Waals surface area contributed by atoms with Gasteiger partial charge in [0.25, 0.3) is 5.56 Å². The summed E-state index contributed by atoms with van der Waals surface area (Å²) in [6, 6.07) is 12.5. The number of halogens is 1. The van der Waals surface area contributed by atoms with Crippen molar-refractivity contribution in [3.05, 3.63) is 62.9 Å². The molecule has 8 nitrogen and oxygen atoms in total. The fraction of sp³-hybridized carbons (Fsp3) is 0.333. The SMILES string of the molecule is COc1cc(NCc2cc3cc(Cl)c(OCCN4CC[S+]([O-])CC4)cc3[nH]c2=O)ccc1C#N. The smallest absolute Gasteiger partial charge is 0.253 e. The van der Waals surface area contributed by atoms with Crippen LogP contribution in [0.1, 0.15) is 11.1 Å². The van der Waals surface area contributed by atoms with Crippen molar-refractivity contribution in [2.75, 3.05) is 50.2 Å². The largest absolute Gasteiger partial charge is 0.616 e. The maximum atomic E-state index is 12.7. The topological polar surface area (TPSA) is 113 Å². The molecule has 0 saturated carbocycles. The predicted octanol–water partition coefficient (Wildman–Crippen LogP) is 3.12. The molecule has 0 spiro atoms. The monoisotopic (exact) mass is 500 g/mol. The lowest BCUT2D eigenvalue weighted by atomic mass is 10.1. The zero-order chi connectivity index (χ0) is 24.1. The number of anilines is 1. The molecule has 1 aliphatic rings. The number of fused-ring (bicyclic) bond motifs is 1. The van der Waals surface area contributed by atoms with E-state index in [-0.39, 0.29) is 12.1 Å². The second kappa shape index (κ2) is 11.0. The fourth-order valence-corrected chi connectivity index (χ4v) is 5.12. The number of hydrogen-bond donors (Lipinski definition) is 2. The van der Waals surface area contributed by atoms with Gasteiger partial charge in [-0.1, -0.05) is 22.8 Å². The Morgan fingerprint density at radius 1 is 1.24 bits per heavy atom. The number of aromatic nitrogens is 1. The third-order valence-corrected chi connectivity index (χ3v) is 7.29. The molecule has 2 heterocycles. The predicted molar refractivity (Wildman–Crippen MR) is 134 cm³/mol. The van der Waals surface area contributed by atoms with Crippen molar-refractivity contribution in [2.24, 2.45) is 0 Å². The second-order valence-electron chi connectivity index (χ2n) is 7.91. The van der Waals surface area contributed by atoms with Gasteiger partial charge in [-0.3, -0.25) is 9.69 Å². The van der Waals surface area contributed by atoms with E-state index in [1.54, 1.807) is 36.4 Å². The molecule has 2 N–H and O–H groups in total. The van der Waals surface area contributed by atoms with E-state index in [9.17, 15) is 9.35 Å². The molecule has 1 aromatic heterocycles. The summed E-state index contributed by atoms with van der Waals surface area (Å²) in [5.41, 5.74) is 2.15. The number of nitrogens with one attached hydrogen (secondary N) is 2. The molecule has 10 heteroatoms. The number of nitrogens with zero attached hydrogens (tertiary/aromatic N) is 2. The Labute approximate surface area is 205 Å². The summed E-state index contributed by atoms with van der Waals surface area (Å²) >= 11 is 5.74. The number of aromatic amines is 1. The Kier molecular flexibility index (Phi) is 7.85. The van der Waals surface area contributed by atoms with Crippen molar-refractivity contribution < 1.29 is 14.0 Å². The van der Waals surface area contributed by atoms with E-state index in [1.807, 2.05) is 0 Å². The van der Waals surface area contributed by atoms with E-state index in [0.717, 1.165) is 30.7 Å². The van der Waals surface area contributed by atoms with Crippen LogP contribution in [0.25, 0.3) is 10.9 Å². The maximum Gasteiger partial charge on any atom is 0.253 e. The van der Waals surface area contributed by atoms with E-state index in [2.05, 4.69) is 21.3 Å². The number of benzene rings is 2. The van der Waals surface area contributed by atoms with Gasteiger partial charge in [-0.2, -0.15) is 5.26 Å². The van der Waals surface area contributed by atoms with Gasteiger partial charge in [0.05, 0.1) is 23.2 Å². The number of hydrogen-bond acceptors (Lipinski definition) is 7. The first-order chi connectivity index (χ1) is 16.5. The highest BCUT2D eigenvalue weighted by molar-refractivity contribution is 7.91. The number of rotatable bonds is 8. The van der Waals surface area contributed by atoms with Crippen LogP contribution < -0.4 is 20.3 Å². The van der Waals surface area contributed by atoms with Crippen LogP contribution in [0, 0.1) is 11.3 Å². The molecule has 3 aromatic rings. The Morgan fingerprint density at radius 2 is 2.03 bits per heavy atom. The molecule has 1 aliphatic heterocycles. The molecule has 0 bridgehead atoms. The van der Waals surface area contributed by atoms with Crippen LogP contribution in [0.2, 0.25) is 5.02 Å². The van der Waals surface area contributed by atoms with E-state index in [1.165, 1.54) is 7.11 Å². The lowest BCUT2D eigenvalue weighted by Gasteiger charge is -2.27. The van der Waals surface area contributed by atoms with E-state index in [0.29, 0.717) is 51.3 Å². The summed E-state index contributed by atoms with van der Waals surface area (Å²) in [5.74, 6) is 2.39. The third kappa shape index (κ3) is 5.77. The normalized spacial score (nSPS) is 14.6. The number of ether oxygens (including phenoxy) is 2. The highest BCUT2D eigenvalue weighted by Gasteiger charge is 2.19. The average Bonchev–Trinajstić information content (AvgIpc) is 2.84. The van der Waals surface area contributed by atoms with E-state index in [4.69, 9.17) is 26.3 Å². The average molecular weight is 501 g/mol. The summed E-state index contributed by atoms with van der Waals surface area (Å²) in [6.07, 6.45) is 0. The van der Waals surface area contributed by atoms with Crippen LogP contribution in [-0.2, 0) is 17.7 Å². The quantitative estimate of drug-likeness (QED) is 0.457. The minimum absolute atomic E-state index is 0.213. The molecular weight excluding hydrogens is 476 g/mol. The summed E-state index contributed by atoms with van der Waals surface area (Å²) in [4.78, 5) is 17.8. The summed E-state index contributed by atoms with van der Waals surface area (Å²) in [7, 11) is 1.51. The van der Waals surface area contributed by atoms with Crippen molar-refractivity contribution in [1.82, 2.24) is 9.88 Å². The molecule has 0 atom stereocenters. The van der Waals surface area contributed by atoms with Crippen LogP contribution in [0.5, 0.6) is 11.5 Å². The molecule has 1 saturated heterocycles. The maximum absolute atomic E-state index is 12.7. The molecule has 2 aromatic carbocycles. The molecule has 0 aliphatic carbocycles. The Morgan fingerprint density at radius 3 is 2.76 bits per heavy atom. The van der Waals surface area contributed by atoms with Gasteiger partial charge in [-0.05, 0) is 24.3 Å². The minimum Gasteiger partial charge on any atom is -0.616 e. The lowest BCUT2D eigenvalue weighted by molar-refractivity contribution is 0.220. The van der Waals surface area contributed by atoms with Gasteiger partial charge in [0.1, 0.15) is 35.7 Å². The van der Waals surface area contributed by atoms with Crippen molar-refractivity contribution in [3.63, 3.8) is 0 Å². The van der Waals surface area contributed by atoms with Crippen LogP contribution in [0.4, 0.5) is 5.69 Å². The minimum atomic E-state index is -0.701. The highest BCUT2D eigenvalue weighted by Crippen LogP contribution is 2.29. The molecule has 34 heavy (non-hydrogen) atoms. The lowest BCUT2D eigenvalue weighted by Crippen LogP contribution is -2.42. The molecule has 0 radical (unpaired) electrons. The van der Waals surface area contributed by atoms with Crippen LogP contribution in [0.3, 0.4) is 0 Å². The highest BCUT2D eigenvalue weighted by atomic mass is 35.5. The zero-order valence-corrected chi connectivity index (χ0v) is 20.3. The van der Waals surface area contributed by atoms with Crippen molar-refractivity contribution >= 4 is 39.4 Å². The number of pyridine rings is 1. The molecule has 0 amide bonds. The molecule has 4 rings (SSSR count). The number of methoxy groups -OCH3 is 1. The molecule has 0 unspecified atom stereocenters. The van der Waals surface area contributed by atoms with Gasteiger partial charge in [0.15, 0.2) is 0 Å². The summed E-state index contributed by atoms with van der Waals surface area (Å²) in [6.45, 7) is 3.09. The van der Waals surface area contributed by atoms with Gasteiger partial charge in [-0.15, -0.1) is 0 Å². The second-order valence-corrected chi connectivity index (χ2v) is 10.0. The Balaban J connectivity index is 1.43. The molecule has 1 fully saturated rings. The van der Waals surface area contributed by atoms with Gasteiger partial charge >= 0.3 is 0 Å². The van der Waals surface area contributed by atoms with Gasteiger partial charge in [0.2, 0.25) is 0 Å². The fourth-order valence-electron chi connectivity index (χ4n) is 3.77. The van der Waals surface area contributed by atoms with Crippen molar-refractivity contribution in [3.8, 4) is 17.6 Å². The first kappa shape index (κ1) is 24.2.